The number of carbonyl (C=O) groups is 3. The van der Waals surface area contributed by atoms with Gasteiger partial charge < -0.3 is 14.2 Å². The lowest BCUT2D eigenvalue weighted by Crippen LogP contribution is -2.30. The van der Waals surface area contributed by atoms with E-state index in [2.05, 4.69) is 93.7 Å². The van der Waals surface area contributed by atoms with Crippen LogP contribution in [0.25, 0.3) is 0 Å². The van der Waals surface area contributed by atoms with Crippen molar-refractivity contribution in [3.63, 3.8) is 0 Å². The Morgan fingerprint density at radius 3 is 1.07 bits per heavy atom. The lowest BCUT2D eigenvalue weighted by molar-refractivity contribution is -0.167. The average molecular weight is 823 g/mol. The highest BCUT2D eigenvalue weighted by Gasteiger charge is 2.19. The van der Waals surface area contributed by atoms with E-state index in [-0.39, 0.29) is 31.1 Å². The minimum Gasteiger partial charge on any atom is -0.462 e. The van der Waals surface area contributed by atoms with Gasteiger partial charge in [-0.1, -0.05) is 190 Å². The van der Waals surface area contributed by atoms with Crippen molar-refractivity contribution in [1.29, 1.82) is 0 Å². The summed E-state index contributed by atoms with van der Waals surface area (Å²) < 4.78 is 16.7. The SMILES string of the molecule is CC/C=C\C/C=C\C/C=C\C/C=C\C/C=C\CCCCCC(=O)OCC(COC(=O)CCCCCCCCC)OC(=O)CCCCCCC/C=C\CCCCCCCC. The predicted molar refractivity (Wildman–Crippen MR) is 251 cm³/mol. The molecule has 6 heteroatoms. The summed E-state index contributed by atoms with van der Waals surface area (Å²) in [6, 6.07) is 0. The zero-order chi connectivity index (χ0) is 43.0. The van der Waals surface area contributed by atoms with Crippen molar-refractivity contribution in [2.45, 2.75) is 232 Å². The van der Waals surface area contributed by atoms with Crippen molar-refractivity contribution >= 4 is 17.9 Å². The molecule has 0 fully saturated rings. The molecule has 0 heterocycles. The van der Waals surface area contributed by atoms with Crippen LogP contribution in [0.5, 0.6) is 0 Å². The third-order valence-electron chi connectivity index (χ3n) is 10.2. The smallest absolute Gasteiger partial charge is 0.306 e. The van der Waals surface area contributed by atoms with Crippen molar-refractivity contribution in [1.82, 2.24) is 0 Å². The molecular formula is C53H90O6. The molecule has 1 unspecified atom stereocenters. The van der Waals surface area contributed by atoms with Crippen LogP contribution < -0.4 is 0 Å². The lowest BCUT2D eigenvalue weighted by Gasteiger charge is -2.18. The van der Waals surface area contributed by atoms with E-state index in [9.17, 15) is 14.4 Å². The van der Waals surface area contributed by atoms with E-state index in [0.717, 1.165) is 109 Å². The Balaban J connectivity index is 4.36. The molecule has 0 radical (unpaired) electrons. The van der Waals surface area contributed by atoms with E-state index < -0.39 is 6.10 Å². The number of esters is 3. The molecule has 59 heavy (non-hydrogen) atoms. The Bertz CT molecular complexity index is 1130. The normalized spacial score (nSPS) is 12.7. The second-order valence-electron chi connectivity index (χ2n) is 16.0. The van der Waals surface area contributed by atoms with Gasteiger partial charge in [-0.2, -0.15) is 0 Å². The molecule has 6 nitrogen and oxygen atoms in total. The Labute approximate surface area is 363 Å². The van der Waals surface area contributed by atoms with Crippen LogP contribution >= 0.6 is 0 Å². The fourth-order valence-corrected chi connectivity index (χ4v) is 6.52. The third kappa shape index (κ3) is 45.8. The van der Waals surface area contributed by atoms with Crippen molar-refractivity contribution in [2.24, 2.45) is 0 Å². The second kappa shape index (κ2) is 47.5. The highest BCUT2D eigenvalue weighted by Crippen LogP contribution is 2.13. The first-order valence-corrected chi connectivity index (χ1v) is 24.4. The molecule has 0 aromatic rings. The van der Waals surface area contributed by atoms with Gasteiger partial charge >= 0.3 is 17.9 Å². The molecule has 0 saturated heterocycles. The molecule has 0 spiro atoms. The monoisotopic (exact) mass is 823 g/mol. The van der Waals surface area contributed by atoms with Crippen molar-refractivity contribution in [3.05, 3.63) is 72.9 Å². The first kappa shape index (κ1) is 55.9. The average Bonchev–Trinajstić information content (AvgIpc) is 3.23. The van der Waals surface area contributed by atoms with Crippen LogP contribution in [0.2, 0.25) is 0 Å². The number of carbonyl (C=O) groups excluding carboxylic acids is 3. The molecule has 0 saturated carbocycles. The zero-order valence-electron chi connectivity index (χ0n) is 38.5. The predicted octanol–water partition coefficient (Wildman–Crippen LogP) is 15.9. The largest absolute Gasteiger partial charge is 0.462 e. The zero-order valence-corrected chi connectivity index (χ0v) is 38.5. The first-order valence-electron chi connectivity index (χ1n) is 24.4. The van der Waals surface area contributed by atoms with Gasteiger partial charge in [0.25, 0.3) is 0 Å². The fourth-order valence-electron chi connectivity index (χ4n) is 6.52. The highest BCUT2D eigenvalue weighted by molar-refractivity contribution is 5.71. The molecule has 0 aromatic carbocycles. The molecule has 338 valence electrons. The summed E-state index contributed by atoms with van der Waals surface area (Å²) in [7, 11) is 0. The van der Waals surface area contributed by atoms with E-state index in [4.69, 9.17) is 14.2 Å². The maximum Gasteiger partial charge on any atom is 0.306 e. The number of unbranched alkanes of at least 4 members (excludes halogenated alkanes) is 20. The van der Waals surface area contributed by atoms with Gasteiger partial charge in [0.2, 0.25) is 0 Å². The van der Waals surface area contributed by atoms with Gasteiger partial charge in [0.15, 0.2) is 6.10 Å². The summed E-state index contributed by atoms with van der Waals surface area (Å²) in [6.45, 7) is 6.43. The maximum atomic E-state index is 12.7. The molecule has 0 N–H and O–H groups in total. The Morgan fingerprint density at radius 1 is 0.356 bits per heavy atom. The molecule has 0 aliphatic carbocycles. The maximum absolute atomic E-state index is 12.7. The number of hydrogen-bond acceptors (Lipinski definition) is 6. The summed E-state index contributed by atoms with van der Waals surface area (Å²) >= 11 is 0. The Hall–Kier alpha value is -3.15. The van der Waals surface area contributed by atoms with Gasteiger partial charge in [0, 0.05) is 19.3 Å². The van der Waals surface area contributed by atoms with Crippen LogP contribution in [0, 0.1) is 0 Å². The molecule has 0 rings (SSSR count). The van der Waals surface area contributed by atoms with Gasteiger partial charge in [-0.25, -0.2) is 0 Å². The number of allylic oxidation sites excluding steroid dienone is 12. The van der Waals surface area contributed by atoms with Crippen LogP contribution in [-0.4, -0.2) is 37.2 Å². The van der Waals surface area contributed by atoms with Crippen LogP contribution in [0.1, 0.15) is 226 Å². The van der Waals surface area contributed by atoms with E-state index in [1.165, 1.54) is 77.0 Å². The third-order valence-corrected chi connectivity index (χ3v) is 10.2. The summed E-state index contributed by atoms with van der Waals surface area (Å²) in [6.07, 6.45) is 59.0. The van der Waals surface area contributed by atoms with E-state index >= 15 is 0 Å². The summed E-state index contributed by atoms with van der Waals surface area (Å²) in [5.41, 5.74) is 0. The van der Waals surface area contributed by atoms with Gasteiger partial charge in [0.05, 0.1) is 0 Å². The lowest BCUT2D eigenvalue weighted by atomic mass is 10.1. The minimum atomic E-state index is -0.789. The van der Waals surface area contributed by atoms with E-state index in [0.29, 0.717) is 19.3 Å². The summed E-state index contributed by atoms with van der Waals surface area (Å²) in [4.78, 5) is 37.7. The van der Waals surface area contributed by atoms with Crippen molar-refractivity contribution in [3.8, 4) is 0 Å². The summed E-state index contributed by atoms with van der Waals surface area (Å²) in [5.74, 6) is -0.940. The van der Waals surface area contributed by atoms with Gasteiger partial charge in [-0.15, -0.1) is 0 Å². The van der Waals surface area contributed by atoms with Gasteiger partial charge in [0.1, 0.15) is 13.2 Å². The van der Waals surface area contributed by atoms with Gasteiger partial charge in [-0.3, -0.25) is 14.4 Å². The first-order chi connectivity index (χ1) is 29.0. The molecule has 0 aromatic heterocycles. The molecular weight excluding hydrogens is 733 g/mol. The molecule has 0 aliphatic rings. The van der Waals surface area contributed by atoms with Crippen LogP contribution in [0.3, 0.4) is 0 Å². The molecule has 1 atom stereocenters. The highest BCUT2D eigenvalue weighted by atomic mass is 16.6. The Morgan fingerprint density at radius 2 is 0.661 bits per heavy atom. The van der Waals surface area contributed by atoms with E-state index in [1.54, 1.807) is 0 Å². The number of hydrogen-bond donors (Lipinski definition) is 0. The van der Waals surface area contributed by atoms with Crippen LogP contribution in [0.15, 0.2) is 72.9 Å². The van der Waals surface area contributed by atoms with Crippen LogP contribution in [0.4, 0.5) is 0 Å². The fraction of sp³-hybridized carbons (Fsp3) is 0.717. The Kier molecular flexibility index (Phi) is 45.0. The van der Waals surface area contributed by atoms with Crippen molar-refractivity contribution in [2.75, 3.05) is 13.2 Å². The quantitative estimate of drug-likeness (QED) is 0.0264. The minimum absolute atomic E-state index is 0.0893. The second-order valence-corrected chi connectivity index (χ2v) is 16.0. The van der Waals surface area contributed by atoms with Crippen LogP contribution in [-0.2, 0) is 28.6 Å². The summed E-state index contributed by atoms with van der Waals surface area (Å²) in [5, 5.41) is 0. The number of ether oxygens (including phenoxy) is 3. The molecule has 0 amide bonds. The van der Waals surface area contributed by atoms with Gasteiger partial charge in [-0.05, 0) is 89.9 Å². The van der Waals surface area contributed by atoms with E-state index in [1.807, 2.05) is 0 Å². The molecule has 0 bridgehead atoms. The van der Waals surface area contributed by atoms with Crippen molar-refractivity contribution < 1.29 is 28.6 Å². The molecule has 0 aliphatic heterocycles. The standard InChI is InChI=1S/C53H90O6/c1-4-7-10-13-16-18-20-22-24-25-26-27-29-30-32-34-37-40-43-46-52(55)58-49-50(48-57-51(54)45-42-39-36-15-12-9-6-3)59-53(56)47-44-41-38-35-33-31-28-23-21-19-17-14-11-8-5-2/h7,10,16,18,22-24,26-28,30,32,50H,4-6,8-9,11-15,17,19-21,25,29,31,33-49H2,1-3H3/b10-7-,18-16-,24-22-,27-26-,28-23-,32-30-. The topological polar surface area (TPSA) is 78.9 Å². The number of rotatable bonds is 43.